The van der Waals surface area contributed by atoms with E-state index < -0.39 is 0 Å². The molecule has 1 aliphatic carbocycles. The van der Waals surface area contributed by atoms with E-state index in [0.29, 0.717) is 12.0 Å². The van der Waals surface area contributed by atoms with Crippen molar-refractivity contribution in [3.05, 3.63) is 92.7 Å². The van der Waals surface area contributed by atoms with Gasteiger partial charge in [0, 0.05) is 27.9 Å². The largest absolute Gasteiger partial charge is 0.361 e. The van der Waals surface area contributed by atoms with Crippen LogP contribution in [0.2, 0.25) is 0 Å². The van der Waals surface area contributed by atoms with Crippen molar-refractivity contribution in [1.82, 2.24) is 5.32 Å². The van der Waals surface area contributed by atoms with Crippen LogP contribution in [0.4, 0.5) is 0 Å². The lowest BCUT2D eigenvalue weighted by Gasteiger charge is -2.35. The van der Waals surface area contributed by atoms with Crippen molar-refractivity contribution in [2.24, 2.45) is 0 Å². The maximum Gasteiger partial charge on any atom is 0.162 e. The Balaban J connectivity index is 1.79. The van der Waals surface area contributed by atoms with Crippen molar-refractivity contribution in [3.63, 3.8) is 0 Å². The predicted octanol–water partition coefficient (Wildman–Crippen LogP) is 5.33. The number of hydrogen-bond acceptors (Lipinski definition) is 3. The Labute approximate surface area is 167 Å². The van der Waals surface area contributed by atoms with Gasteiger partial charge in [0.1, 0.15) is 0 Å². The van der Waals surface area contributed by atoms with E-state index in [4.69, 9.17) is 0 Å². The summed E-state index contributed by atoms with van der Waals surface area (Å²) in [5.41, 5.74) is 5.35. The molecule has 1 aliphatic heterocycles. The van der Waals surface area contributed by atoms with Gasteiger partial charge < -0.3 is 5.32 Å². The molecule has 0 fully saturated rings. The highest BCUT2D eigenvalue weighted by atomic mass is 79.9. The molecule has 4 heteroatoms. The molecule has 4 rings (SSSR count). The number of Topliss-reactive ketones (excluding diaryl/α,β-unsaturated/α-hetero) is 1. The smallest absolute Gasteiger partial charge is 0.162 e. The fraction of sp³-hybridized carbons (Fsp3) is 0.217. The summed E-state index contributed by atoms with van der Waals surface area (Å²) in [6, 6.07) is 20.4. The molecule has 1 N–H and O–H groups in total. The number of carbonyl (C=O) groups excluding carboxylic acids is 1. The van der Waals surface area contributed by atoms with Gasteiger partial charge in [-0.1, -0.05) is 58.4 Å². The maximum absolute atomic E-state index is 13.2. The first-order chi connectivity index (χ1) is 13.1. The summed E-state index contributed by atoms with van der Waals surface area (Å²) in [6.07, 6.45) is 1.27. The van der Waals surface area contributed by atoms with Crippen LogP contribution in [0.5, 0.6) is 0 Å². The average Bonchev–Trinajstić information content (AvgIpc) is 2.68. The third-order valence-electron chi connectivity index (χ3n) is 5.42. The van der Waals surface area contributed by atoms with Crippen LogP contribution in [0.3, 0.4) is 0 Å². The van der Waals surface area contributed by atoms with Gasteiger partial charge in [-0.15, -0.1) is 0 Å². The fourth-order valence-corrected chi connectivity index (χ4v) is 4.40. The van der Waals surface area contributed by atoms with Crippen molar-refractivity contribution in [1.29, 1.82) is 5.26 Å². The number of nitrogens with zero attached hydrogens (tertiary/aromatic N) is 1. The number of hydrogen-bond donors (Lipinski definition) is 1. The lowest BCUT2D eigenvalue weighted by atomic mass is 9.72. The Morgan fingerprint density at radius 2 is 1.74 bits per heavy atom. The number of allylic oxidation sites excluding steroid dienone is 4. The first-order valence-electron chi connectivity index (χ1n) is 9.03. The zero-order valence-corrected chi connectivity index (χ0v) is 16.6. The molecule has 27 heavy (non-hydrogen) atoms. The van der Waals surface area contributed by atoms with Gasteiger partial charge in [-0.2, -0.15) is 5.26 Å². The van der Waals surface area contributed by atoms with Crippen molar-refractivity contribution < 1.29 is 4.79 Å². The lowest BCUT2D eigenvalue weighted by molar-refractivity contribution is -0.116. The Hall–Kier alpha value is -2.64. The fourth-order valence-electron chi connectivity index (χ4n) is 4.14. The topological polar surface area (TPSA) is 52.9 Å². The van der Waals surface area contributed by atoms with Gasteiger partial charge in [-0.05, 0) is 42.5 Å². The number of benzene rings is 2. The molecule has 3 nitrogen and oxygen atoms in total. The number of rotatable bonds is 2. The highest BCUT2D eigenvalue weighted by Gasteiger charge is 2.38. The first-order valence-corrected chi connectivity index (χ1v) is 9.82. The zero-order chi connectivity index (χ0) is 19.0. The molecule has 0 radical (unpaired) electrons. The summed E-state index contributed by atoms with van der Waals surface area (Å²) in [7, 11) is 0. The zero-order valence-electron chi connectivity index (χ0n) is 15.0. The Kier molecular flexibility index (Phi) is 4.72. The van der Waals surface area contributed by atoms with Crippen LogP contribution in [0.1, 0.15) is 42.7 Å². The molecule has 2 atom stereocenters. The van der Waals surface area contributed by atoms with Gasteiger partial charge in [0.25, 0.3) is 0 Å². The highest BCUT2D eigenvalue weighted by molar-refractivity contribution is 9.10. The minimum Gasteiger partial charge on any atom is -0.361 e. The number of halogens is 1. The quantitative estimate of drug-likeness (QED) is 0.716. The molecule has 0 spiro atoms. The monoisotopic (exact) mass is 418 g/mol. The molecule has 2 aliphatic rings. The molecule has 134 valence electrons. The van der Waals surface area contributed by atoms with Crippen LogP contribution in [-0.4, -0.2) is 5.78 Å². The van der Waals surface area contributed by atoms with Crippen LogP contribution in [0.25, 0.3) is 0 Å². The first kappa shape index (κ1) is 17.8. The molecular weight excluding hydrogens is 400 g/mol. The maximum atomic E-state index is 13.2. The van der Waals surface area contributed by atoms with Gasteiger partial charge in [0.05, 0.1) is 17.6 Å². The van der Waals surface area contributed by atoms with E-state index in [0.717, 1.165) is 33.4 Å². The van der Waals surface area contributed by atoms with E-state index in [1.54, 1.807) is 0 Å². The average molecular weight is 419 g/mol. The number of dihydropyridines is 1. The minimum absolute atomic E-state index is 0.130. The van der Waals surface area contributed by atoms with Crippen molar-refractivity contribution in [2.75, 3.05) is 0 Å². The standard InChI is InChI=1S/C23H19BrN2O/c1-14-19(13-25)22(16-7-9-18(24)10-8-16)23-20(26-14)11-17(12-21(23)27)15-5-3-2-4-6-15/h2-10,17,22,26H,11-12H2,1H3/t17-,22-/m0/s1. The molecular formula is C23H19BrN2O. The highest BCUT2D eigenvalue weighted by Crippen LogP contribution is 2.45. The molecule has 2 aromatic carbocycles. The Morgan fingerprint density at radius 3 is 2.41 bits per heavy atom. The van der Waals surface area contributed by atoms with E-state index in [1.807, 2.05) is 49.4 Å². The summed E-state index contributed by atoms with van der Waals surface area (Å²) < 4.78 is 0.979. The van der Waals surface area contributed by atoms with Crippen LogP contribution in [-0.2, 0) is 4.79 Å². The summed E-state index contributed by atoms with van der Waals surface area (Å²) in [4.78, 5) is 13.2. The van der Waals surface area contributed by atoms with Gasteiger partial charge in [-0.3, -0.25) is 4.79 Å². The van der Waals surface area contributed by atoms with Crippen LogP contribution in [0, 0.1) is 11.3 Å². The van der Waals surface area contributed by atoms with Gasteiger partial charge >= 0.3 is 0 Å². The normalized spacial score (nSPS) is 22.2. The Bertz CT molecular complexity index is 997. The molecule has 0 bridgehead atoms. The number of ketones is 1. The summed E-state index contributed by atoms with van der Waals surface area (Å²) in [5.74, 6) is 0.0151. The molecule has 0 aromatic heterocycles. The number of nitriles is 1. The van der Waals surface area contributed by atoms with Gasteiger partial charge in [-0.25, -0.2) is 0 Å². The van der Waals surface area contributed by atoms with Gasteiger partial charge in [0.15, 0.2) is 5.78 Å². The second kappa shape index (κ2) is 7.17. The van der Waals surface area contributed by atoms with Crippen molar-refractivity contribution >= 4 is 21.7 Å². The van der Waals surface area contributed by atoms with E-state index in [-0.39, 0.29) is 17.6 Å². The lowest BCUT2D eigenvalue weighted by Crippen LogP contribution is -2.33. The molecule has 0 saturated heterocycles. The third kappa shape index (κ3) is 3.24. The number of nitrogens with one attached hydrogen (secondary N) is 1. The second-order valence-electron chi connectivity index (χ2n) is 7.09. The van der Waals surface area contributed by atoms with E-state index in [1.165, 1.54) is 5.56 Å². The predicted molar refractivity (Wildman–Crippen MR) is 109 cm³/mol. The van der Waals surface area contributed by atoms with Crippen LogP contribution < -0.4 is 5.32 Å². The molecule has 0 saturated carbocycles. The van der Waals surface area contributed by atoms with E-state index in [9.17, 15) is 10.1 Å². The SMILES string of the molecule is CC1=C(C#N)[C@H](c2ccc(Br)cc2)C2=C(C[C@H](c3ccccc3)CC2=O)N1. The second-order valence-corrected chi connectivity index (χ2v) is 8.01. The van der Waals surface area contributed by atoms with Crippen LogP contribution >= 0.6 is 15.9 Å². The minimum atomic E-state index is -0.288. The molecule has 0 amide bonds. The summed E-state index contributed by atoms with van der Waals surface area (Å²) in [5, 5.41) is 13.1. The molecule has 0 unspecified atom stereocenters. The van der Waals surface area contributed by atoms with E-state index >= 15 is 0 Å². The van der Waals surface area contributed by atoms with E-state index in [2.05, 4.69) is 39.4 Å². The summed E-state index contributed by atoms with van der Waals surface area (Å²) in [6.45, 7) is 1.92. The number of carbonyl (C=O) groups is 1. The molecule has 1 heterocycles. The van der Waals surface area contributed by atoms with Gasteiger partial charge in [0.2, 0.25) is 0 Å². The molecule has 2 aromatic rings. The van der Waals surface area contributed by atoms with Crippen molar-refractivity contribution in [2.45, 2.75) is 31.6 Å². The third-order valence-corrected chi connectivity index (χ3v) is 5.95. The van der Waals surface area contributed by atoms with Crippen LogP contribution in [0.15, 0.2) is 81.6 Å². The van der Waals surface area contributed by atoms with Crippen molar-refractivity contribution in [3.8, 4) is 6.07 Å². The Morgan fingerprint density at radius 1 is 1.04 bits per heavy atom. The summed E-state index contributed by atoms with van der Waals surface area (Å²) >= 11 is 3.46.